The Hall–Kier alpha value is -0.970. The Morgan fingerprint density at radius 3 is 2.47 bits per heavy atom. The average Bonchev–Trinajstić information content (AvgIpc) is 2.70. The van der Waals surface area contributed by atoms with Gasteiger partial charge in [-0.1, -0.05) is 35.3 Å². The Morgan fingerprint density at radius 1 is 1.32 bits per heavy atom. The highest BCUT2D eigenvalue weighted by Gasteiger charge is 2.14. The number of hydrogen-bond donors (Lipinski definition) is 2. The van der Waals surface area contributed by atoms with Crippen LogP contribution in [0.3, 0.4) is 0 Å². The number of rotatable bonds is 3. The van der Waals surface area contributed by atoms with Crippen LogP contribution in [0.2, 0.25) is 10.2 Å². The molecule has 1 atom stereocenters. The summed E-state index contributed by atoms with van der Waals surface area (Å²) in [6, 6.07) is 8.87. The number of aromatic nitrogens is 1. The Labute approximate surface area is 129 Å². The molecular weight excluding hydrogens is 351 g/mol. The van der Waals surface area contributed by atoms with Crippen LogP contribution in [0.25, 0.3) is 0 Å². The molecule has 1 aromatic heterocycles. The second-order valence-electron chi connectivity index (χ2n) is 4.09. The van der Waals surface area contributed by atoms with E-state index in [4.69, 9.17) is 23.2 Å². The lowest BCUT2D eigenvalue weighted by molar-refractivity contribution is 0.0935. The van der Waals surface area contributed by atoms with Gasteiger partial charge in [0.05, 0.1) is 10.5 Å². The van der Waals surface area contributed by atoms with Gasteiger partial charge in [-0.25, -0.2) is 0 Å². The van der Waals surface area contributed by atoms with E-state index in [-0.39, 0.29) is 11.9 Å². The smallest absolute Gasteiger partial charge is 0.268 e. The maximum atomic E-state index is 12.0. The van der Waals surface area contributed by atoms with E-state index in [9.17, 15) is 4.79 Å². The molecule has 6 heteroatoms. The van der Waals surface area contributed by atoms with Crippen LogP contribution in [-0.2, 0) is 0 Å². The molecule has 0 unspecified atom stereocenters. The topological polar surface area (TPSA) is 44.9 Å². The van der Waals surface area contributed by atoms with E-state index in [1.807, 2.05) is 19.1 Å². The highest BCUT2D eigenvalue weighted by molar-refractivity contribution is 9.10. The van der Waals surface area contributed by atoms with E-state index in [2.05, 4.69) is 26.2 Å². The molecule has 100 valence electrons. The zero-order valence-corrected chi connectivity index (χ0v) is 13.1. The van der Waals surface area contributed by atoms with Gasteiger partial charge in [0.25, 0.3) is 5.91 Å². The van der Waals surface area contributed by atoms with Gasteiger partial charge >= 0.3 is 0 Å². The van der Waals surface area contributed by atoms with E-state index in [0.717, 1.165) is 5.56 Å². The average molecular weight is 362 g/mol. The summed E-state index contributed by atoms with van der Waals surface area (Å²) in [5.74, 6) is -0.213. The van der Waals surface area contributed by atoms with Gasteiger partial charge in [0, 0.05) is 5.02 Å². The quantitative estimate of drug-likeness (QED) is 0.825. The fourth-order valence-corrected chi connectivity index (χ4v) is 2.25. The second-order valence-corrected chi connectivity index (χ2v) is 5.76. The lowest BCUT2D eigenvalue weighted by Gasteiger charge is -2.13. The molecule has 0 saturated carbocycles. The number of benzene rings is 1. The first-order valence-corrected chi connectivity index (χ1v) is 7.12. The summed E-state index contributed by atoms with van der Waals surface area (Å²) in [6.07, 6.45) is 0. The van der Waals surface area contributed by atoms with Gasteiger partial charge < -0.3 is 10.3 Å². The van der Waals surface area contributed by atoms with Crippen LogP contribution in [0.15, 0.2) is 34.8 Å². The minimum Gasteiger partial charge on any atom is -0.344 e. The number of hydrogen-bond acceptors (Lipinski definition) is 1. The van der Waals surface area contributed by atoms with Crippen molar-refractivity contribution in [1.29, 1.82) is 0 Å². The standard InChI is InChI=1S/C13H11BrCl2N2O/c1-7(8-2-4-9(15)5-3-8)17-13(19)11-6-10(14)12(16)18-11/h2-7,18H,1H3,(H,17,19)/t7-/m0/s1. The van der Waals surface area contributed by atoms with E-state index < -0.39 is 0 Å². The van der Waals surface area contributed by atoms with Crippen molar-refractivity contribution in [3.05, 3.63) is 56.2 Å². The summed E-state index contributed by atoms with van der Waals surface area (Å²) in [7, 11) is 0. The number of carbonyl (C=O) groups is 1. The summed E-state index contributed by atoms with van der Waals surface area (Å²) >= 11 is 14.9. The molecular formula is C13H11BrCl2N2O. The number of H-pyrrole nitrogens is 1. The van der Waals surface area contributed by atoms with Crippen molar-refractivity contribution in [3.63, 3.8) is 0 Å². The maximum absolute atomic E-state index is 12.0. The fraction of sp³-hybridized carbons (Fsp3) is 0.154. The third-order valence-corrected chi connectivity index (χ3v) is 4.09. The van der Waals surface area contributed by atoms with E-state index >= 15 is 0 Å². The molecule has 0 fully saturated rings. The monoisotopic (exact) mass is 360 g/mol. The van der Waals surface area contributed by atoms with Gasteiger partial charge in [-0.3, -0.25) is 4.79 Å². The molecule has 19 heavy (non-hydrogen) atoms. The highest BCUT2D eigenvalue weighted by Crippen LogP contribution is 2.23. The third-order valence-electron chi connectivity index (χ3n) is 2.69. The largest absolute Gasteiger partial charge is 0.344 e. The van der Waals surface area contributed by atoms with Crippen LogP contribution < -0.4 is 5.32 Å². The van der Waals surface area contributed by atoms with Gasteiger partial charge in [-0.05, 0) is 46.6 Å². The van der Waals surface area contributed by atoms with E-state index in [0.29, 0.717) is 20.3 Å². The van der Waals surface area contributed by atoms with Crippen molar-refractivity contribution in [2.45, 2.75) is 13.0 Å². The molecule has 0 radical (unpaired) electrons. The predicted molar refractivity (Wildman–Crippen MR) is 80.8 cm³/mol. The molecule has 0 spiro atoms. The molecule has 0 aliphatic heterocycles. The van der Waals surface area contributed by atoms with E-state index in [1.165, 1.54) is 0 Å². The Balaban J connectivity index is 2.08. The van der Waals surface area contributed by atoms with Crippen molar-refractivity contribution in [2.24, 2.45) is 0 Å². The first kappa shape index (κ1) is 14.4. The molecule has 0 aliphatic carbocycles. The second kappa shape index (κ2) is 5.99. The molecule has 1 amide bonds. The lowest BCUT2D eigenvalue weighted by Crippen LogP contribution is -2.26. The molecule has 1 aromatic carbocycles. The molecule has 3 nitrogen and oxygen atoms in total. The summed E-state index contributed by atoms with van der Waals surface area (Å²) in [5, 5.41) is 3.96. The van der Waals surface area contributed by atoms with Gasteiger partial charge in [-0.2, -0.15) is 0 Å². The normalized spacial score (nSPS) is 12.2. The fourth-order valence-electron chi connectivity index (χ4n) is 1.64. The third kappa shape index (κ3) is 3.53. The highest BCUT2D eigenvalue weighted by atomic mass is 79.9. The zero-order valence-electron chi connectivity index (χ0n) is 10.0. The van der Waals surface area contributed by atoms with Crippen LogP contribution in [0.5, 0.6) is 0 Å². The molecule has 2 aromatic rings. The molecule has 2 rings (SSSR count). The van der Waals surface area contributed by atoms with Crippen LogP contribution in [-0.4, -0.2) is 10.9 Å². The summed E-state index contributed by atoms with van der Waals surface area (Å²) < 4.78 is 0.665. The first-order chi connectivity index (χ1) is 8.97. The predicted octanol–water partition coefficient (Wildman–Crippen LogP) is 4.58. The lowest BCUT2D eigenvalue weighted by atomic mass is 10.1. The van der Waals surface area contributed by atoms with E-state index in [1.54, 1.807) is 18.2 Å². The van der Waals surface area contributed by atoms with Crippen molar-refractivity contribution < 1.29 is 4.79 Å². The van der Waals surface area contributed by atoms with Crippen molar-refractivity contribution in [1.82, 2.24) is 10.3 Å². The summed E-state index contributed by atoms with van der Waals surface area (Å²) in [6.45, 7) is 1.90. The minimum absolute atomic E-state index is 0.120. The minimum atomic E-state index is -0.213. The molecule has 0 bridgehead atoms. The van der Waals surface area contributed by atoms with Crippen LogP contribution in [0.4, 0.5) is 0 Å². The van der Waals surface area contributed by atoms with Gasteiger partial charge in [0.1, 0.15) is 10.8 Å². The Kier molecular flexibility index (Phi) is 4.55. The number of halogens is 3. The van der Waals surface area contributed by atoms with Crippen LogP contribution in [0, 0.1) is 0 Å². The Morgan fingerprint density at radius 2 is 1.95 bits per heavy atom. The van der Waals surface area contributed by atoms with Crippen molar-refractivity contribution >= 4 is 45.0 Å². The molecule has 0 aliphatic rings. The van der Waals surface area contributed by atoms with Crippen molar-refractivity contribution in [3.8, 4) is 0 Å². The molecule has 2 N–H and O–H groups in total. The molecule has 1 heterocycles. The summed E-state index contributed by atoms with van der Waals surface area (Å²) in [4.78, 5) is 14.8. The molecule has 0 saturated heterocycles. The van der Waals surface area contributed by atoms with Crippen LogP contribution in [0.1, 0.15) is 29.0 Å². The van der Waals surface area contributed by atoms with Crippen molar-refractivity contribution in [2.75, 3.05) is 0 Å². The zero-order chi connectivity index (χ0) is 14.0. The first-order valence-electron chi connectivity index (χ1n) is 5.57. The van der Waals surface area contributed by atoms with Gasteiger partial charge in [0.2, 0.25) is 0 Å². The number of amides is 1. The Bertz CT molecular complexity index is 576. The van der Waals surface area contributed by atoms with Gasteiger partial charge in [0.15, 0.2) is 0 Å². The van der Waals surface area contributed by atoms with Gasteiger partial charge in [-0.15, -0.1) is 0 Å². The van der Waals surface area contributed by atoms with Crippen LogP contribution >= 0.6 is 39.1 Å². The maximum Gasteiger partial charge on any atom is 0.268 e. The SMILES string of the molecule is C[C@H](NC(=O)c1cc(Br)c(Cl)[nH]1)c1ccc(Cl)cc1. The number of aromatic amines is 1. The number of nitrogens with one attached hydrogen (secondary N) is 2. The summed E-state index contributed by atoms with van der Waals surface area (Å²) in [5.41, 5.74) is 1.40. The number of carbonyl (C=O) groups excluding carboxylic acids is 1.